The van der Waals surface area contributed by atoms with E-state index in [2.05, 4.69) is 45.0 Å². The predicted octanol–water partition coefficient (Wildman–Crippen LogP) is 3.96. The summed E-state index contributed by atoms with van der Waals surface area (Å²) in [6.07, 6.45) is 4.04. The minimum absolute atomic E-state index is 0.813. The lowest BCUT2D eigenvalue weighted by molar-refractivity contribution is 0.309. The Labute approximate surface area is 153 Å². The van der Waals surface area contributed by atoms with Gasteiger partial charge in [0.2, 0.25) is 0 Å². The molecule has 3 heterocycles. The molecular weight excluding hydrogens is 332 g/mol. The van der Waals surface area contributed by atoms with Crippen molar-refractivity contribution in [1.29, 1.82) is 0 Å². The lowest BCUT2D eigenvalue weighted by Crippen LogP contribution is -2.27. The molecule has 5 heteroatoms. The van der Waals surface area contributed by atoms with Crippen molar-refractivity contribution >= 4 is 28.3 Å². The van der Waals surface area contributed by atoms with Crippen LogP contribution in [0.4, 0.5) is 5.82 Å². The number of hydrogen-bond acceptors (Lipinski definition) is 3. The quantitative estimate of drug-likeness (QED) is 0.769. The molecule has 0 saturated carbocycles. The maximum atomic E-state index is 6.27. The minimum atomic E-state index is 0.813. The maximum Gasteiger partial charge on any atom is 0.125 e. The highest BCUT2D eigenvalue weighted by Gasteiger charge is 2.22. The highest BCUT2D eigenvalue weighted by atomic mass is 35.5. The number of nitrogens with zero attached hydrogens (tertiary/aromatic N) is 3. The number of hydrogen-bond donors (Lipinski definition) is 1. The van der Waals surface area contributed by atoms with E-state index in [1.165, 1.54) is 27.7 Å². The summed E-state index contributed by atoms with van der Waals surface area (Å²) >= 11 is 6.27. The van der Waals surface area contributed by atoms with Crippen LogP contribution < -0.4 is 5.32 Å². The molecule has 0 bridgehead atoms. The van der Waals surface area contributed by atoms with Gasteiger partial charge >= 0.3 is 0 Å². The van der Waals surface area contributed by atoms with Crippen LogP contribution >= 0.6 is 11.6 Å². The molecule has 1 aliphatic rings. The first-order valence-electron chi connectivity index (χ1n) is 8.76. The Morgan fingerprint density at radius 3 is 2.88 bits per heavy atom. The summed E-state index contributed by atoms with van der Waals surface area (Å²) in [5.41, 5.74) is 5.46. The lowest BCUT2D eigenvalue weighted by Gasteiger charge is -2.24. The standard InChI is InChI=1S/C20H23ClN4/c1-22-20-6-3-14(12-23-20)7-10-25-18-5-4-15(21)11-16(18)17-13-24(2)9-8-19(17)25/h3-6,11-12H,7-10,13H2,1-2H3,(H,22,23). The first-order valence-corrected chi connectivity index (χ1v) is 9.14. The fourth-order valence-corrected chi connectivity index (χ4v) is 3.95. The Morgan fingerprint density at radius 2 is 2.12 bits per heavy atom. The zero-order chi connectivity index (χ0) is 17.4. The first-order chi connectivity index (χ1) is 12.2. The molecule has 4 rings (SSSR count). The number of benzene rings is 1. The van der Waals surface area contributed by atoms with E-state index in [4.69, 9.17) is 11.6 Å². The largest absolute Gasteiger partial charge is 0.373 e. The van der Waals surface area contributed by atoms with E-state index < -0.39 is 0 Å². The van der Waals surface area contributed by atoms with Crippen molar-refractivity contribution in [3.63, 3.8) is 0 Å². The van der Waals surface area contributed by atoms with Gasteiger partial charge in [-0.3, -0.25) is 0 Å². The minimum Gasteiger partial charge on any atom is -0.373 e. The summed E-state index contributed by atoms with van der Waals surface area (Å²) in [5, 5.41) is 5.18. The molecule has 0 fully saturated rings. The van der Waals surface area contributed by atoms with E-state index in [0.717, 1.165) is 43.3 Å². The van der Waals surface area contributed by atoms with Crippen molar-refractivity contribution in [2.24, 2.45) is 0 Å². The predicted molar refractivity (Wildman–Crippen MR) is 104 cm³/mol. The van der Waals surface area contributed by atoms with Crippen molar-refractivity contribution in [3.05, 3.63) is 58.4 Å². The number of halogens is 1. The van der Waals surface area contributed by atoms with Crippen molar-refractivity contribution in [1.82, 2.24) is 14.5 Å². The molecular formula is C20H23ClN4. The third-order valence-electron chi connectivity index (χ3n) is 5.11. The molecule has 1 aliphatic heterocycles. The molecule has 3 aromatic rings. The number of aromatic nitrogens is 2. The number of fused-ring (bicyclic) bond motifs is 3. The smallest absolute Gasteiger partial charge is 0.125 e. The van der Waals surface area contributed by atoms with Gasteiger partial charge < -0.3 is 14.8 Å². The van der Waals surface area contributed by atoms with E-state index in [0.29, 0.717) is 0 Å². The van der Waals surface area contributed by atoms with E-state index in [1.54, 1.807) is 0 Å². The molecule has 25 heavy (non-hydrogen) atoms. The fourth-order valence-electron chi connectivity index (χ4n) is 3.77. The van der Waals surface area contributed by atoms with Gasteiger partial charge in [-0.25, -0.2) is 4.98 Å². The summed E-state index contributed by atoms with van der Waals surface area (Å²) in [4.78, 5) is 6.81. The monoisotopic (exact) mass is 354 g/mol. The van der Waals surface area contributed by atoms with Crippen LogP contribution in [0.15, 0.2) is 36.5 Å². The fraction of sp³-hybridized carbons (Fsp3) is 0.350. The van der Waals surface area contributed by atoms with Crippen LogP contribution in [0.2, 0.25) is 5.02 Å². The normalized spacial score (nSPS) is 14.7. The summed E-state index contributed by atoms with van der Waals surface area (Å²) < 4.78 is 2.49. The Morgan fingerprint density at radius 1 is 1.24 bits per heavy atom. The van der Waals surface area contributed by atoms with Gasteiger partial charge in [0.1, 0.15) is 5.82 Å². The van der Waals surface area contributed by atoms with Gasteiger partial charge in [0.25, 0.3) is 0 Å². The van der Waals surface area contributed by atoms with Crippen molar-refractivity contribution in [3.8, 4) is 0 Å². The number of aryl methyl sites for hydroxylation is 2. The second-order valence-electron chi connectivity index (χ2n) is 6.78. The number of likely N-dealkylation sites (N-methyl/N-ethyl adjacent to an activating group) is 1. The van der Waals surface area contributed by atoms with Crippen molar-refractivity contribution in [2.45, 2.75) is 25.9 Å². The van der Waals surface area contributed by atoms with Crippen LogP contribution in [0.1, 0.15) is 16.8 Å². The molecule has 0 aliphatic carbocycles. The number of anilines is 1. The summed E-state index contributed by atoms with van der Waals surface area (Å²) in [6, 6.07) is 10.5. The topological polar surface area (TPSA) is 33.1 Å². The second kappa shape index (κ2) is 6.70. The van der Waals surface area contributed by atoms with E-state index in [1.807, 2.05) is 25.4 Å². The first kappa shape index (κ1) is 16.4. The SMILES string of the molecule is CNc1ccc(CCn2c3c(c4cc(Cl)ccc42)CN(C)CC3)cn1. The molecule has 0 saturated heterocycles. The molecule has 1 aromatic carbocycles. The molecule has 1 N–H and O–H groups in total. The number of rotatable bonds is 4. The van der Waals surface area contributed by atoms with Crippen LogP contribution in [-0.2, 0) is 25.9 Å². The van der Waals surface area contributed by atoms with Crippen LogP contribution in [0.5, 0.6) is 0 Å². The summed E-state index contributed by atoms with van der Waals surface area (Å²) in [7, 11) is 4.08. The van der Waals surface area contributed by atoms with E-state index in [9.17, 15) is 0 Å². The average molecular weight is 355 g/mol. The molecule has 4 nitrogen and oxygen atoms in total. The molecule has 0 radical (unpaired) electrons. The van der Waals surface area contributed by atoms with Crippen molar-refractivity contribution in [2.75, 3.05) is 26.0 Å². The summed E-state index contributed by atoms with van der Waals surface area (Å²) in [5.74, 6) is 0.908. The molecule has 0 atom stereocenters. The second-order valence-corrected chi connectivity index (χ2v) is 7.21. The maximum absolute atomic E-state index is 6.27. The van der Waals surface area contributed by atoms with Gasteiger partial charge in [-0.15, -0.1) is 0 Å². The van der Waals surface area contributed by atoms with Gasteiger partial charge in [0.05, 0.1) is 0 Å². The number of nitrogens with one attached hydrogen (secondary N) is 1. The number of pyridine rings is 1. The average Bonchev–Trinajstić information content (AvgIpc) is 2.92. The Kier molecular flexibility index (Phi) is 4.40. The van der Waals surface area contributed by atoms with Gasteiger partial charge in [-0.1, -0.05) is 17.7 Å². The third kappa shape index (κ3) is 3.12. The zero-order valence-corrected chi connectivity index (χ0v) is 15.5. The molecule has 2 aromatic heterocycles. The van der Waals surface area contributed by atoms with Gasteiger partial charge in [-0.2, -0.15) is 0 Å². The highest BCUT2D eigenvalue weighted by Crippen LogP contribution is 2.32. The molecule has 0 amide bonds. The van der Waals surface area contributed by atoms with Gasteiger partial charge in [0, 0.05) is 60.9 Å². The van der Waals surface area contributed by atoms with Crippen LogP contribution in [0.3, 0.4) is 0 Å². The van der Waals surface area contributed by atoms with Crippen LogP contribution in [-0.4, -0.2) is 35.1 Å². The molecule has 0 unspecified atom stereocenters. The lowest BCUT2D eigenvalue weighted by atomic mass is 10.1. The van der Waals surface area contributed by atoms with Crippen LogP contribution in [0.25, 0.3) is 10.9 Å². The summed E-state index contributed by atoms with van der Waals surface area (Å²) in [6.45, 7) is 3.07. The van der Waals surface area contributed by atoms with E-state index >= 15 is 0 Å². The van der Waals surface area contributed by atoms with Crippen LogP contribution in [0, 0.1) is 0 Å². The Balaban J connectivity index is 1.68. The Bertz CT molecular complexity index is 898. The molecule has 130 valence electrons. The highest BCUT2D eigenvalue weighted by molar-refractivity contribution is 6.31. The Hall–Kier alpha value is -2.04. The van der Waals surface area contributed by atoms with Crippen molar-refractivity contribution < 1.29 is 0 Å². The van der Waals surface area contributed by atoms with Gasteiger partial charge in [0.15, 0.2) is 0 Å². The molecule has 0 spiro atoms. The van der Waals surface area contributed by atoms with E-state index in [-0.39, 0.29) is 0 Å². The zero-order valence-electron chi connectivity index (χ0n) is 14.7. The third-order valence-corrected chi connectivity index (χ3v) is 5.35. The van der Waals surface area contributed by atoms with Gasteiger partial charge in [-0.05, 0) is 48.9 Å².